The Morgan fingerprint density at radius 1 is 1.50 bits per heavy atom. The Bertz CT molecular complexity index is 422. The topological polar surface area (TPSA) is 72.2 Å². The lowest BCUT2D eigenvalue weighted by atomic mass is 10.4. The van der Waals surface area contributed by atoms with Crippen molar-refractivity contribution < 1.29 is 26.1 Å². The largest absolute Gasteiger partial charge is 0.435 e. The van der Waals surface area contributed by atoms with Crippen molar-refractivity contribution >= 4 is 10.1 Å². The summed E-state index contributed by atoms with van der Waals surface area (Å²) >= 11 is 0. The van der Waals surface area contributed by atoms with Crippen molar-refractivity contribution in [3.8, 4) is 0 Å². The molecule has 1 rings (SSSR count). The first-order valence-electron chi connectivity index (χ1n) is 3.24. The van der Waals surface area contributed by atoms with Crippen molar-refractivity contribution in [1.82, 2.24) is 9.78 Å². The van der Waals surface area contributed by atoms with Gasteiger partial charge in [-0.3, -0.25) is 9.23 Å². The lowest BCUT2D eigenvalue weighted by Gasteiger charge is -2.00. The molecule has 1 N–H and O–H groups in total. The zero-order valence-electron chi connectivity index (χ0n) is 6.56. The van der Waals surface area contributed by atoms with E-state index in [2.05, 4.69) is 5.10 Å². The van der Waals surface area contributed by atoms with Crippen LogP contribution in [0, 0.1) is 0 Å². The molecule has 1 aromatic heterocycles. The van der Waals surface area contributed by atoms with E-state index in [1.807, 2.05) is 0 Å². The van der Waals surface area contributed by atoms with Gasteiger partial charge in [0, 0.05) is 6.20 Å². The molecule has 80 valence electrons. The molecule has 0 atom stereocenters. The second-order valence-corrected chi connectivity index (χ2v) is 3.87. The highest BCUT2D eigenvalue weighted by Gasteiger charge is 2.33. The fourth-order valence-corrected chi connectivity index (χ4v) is 1.23. The highest BCUT2D eigenvalue weighted by molar-refractivity contribution is 7.84. The quantitative estimate of drug-likeness (QED) is 0.761. The molecule has 0 aliphatic carbocycles. The van der Waals surface area contributed by atoms with E-state index in [-0.39, 0.29) is 0 Å². The van der Waals surface area contributed by atoms with Gasteiger partial charge in [-0.25, -0.2) is 0 Å². The zero-order valence-corrected chi connectivity index (χ0v) is 7.38. The standard InChI is InChI=1S/C5H5F3N2O3S/c6-5(7,8)4-1-2-10(9-4)3-14(11,12)13/h1-2H,3H2,(H,11,12,13). The average molecular weight is 230 g/mol. The first-order valence-corrected chi connectivity index (χ1v) is 4.85. The number of aromatic nitrogens is 2. The summed E-state index contributed by atoms with van der Waals surface area (Å²) in [5.41, 5.74) is -1.21. The van der Waals surface area contributed by atoms with Crippen molar-refractivity contribution in [2.45, 2.75) is 12.1 Å². The van der Waals surface area contributed by atoms with Crippen molar-refractivity contribution in [3.05, 3.63) is 18.0 Å². The van der Waals surface area contributed by atoms with Gasteiger partial charge in [-0.05, 0) is 6.07 Å². The van der Waals surface area contributed by atoms with E-state index in [0.29, 0.717) is 10.7 Å². The molecule has 0 saturated heterocycles. The van der Waals surface area contributed by atoms with Crippen LogP contribution in [0.3, 0.4) is 0 Å². The van der Waals surface area contributed by atoms with Gasteiger partial charge in [-0.1, -0.05) is 0 Å². The Morgan fingerprint density at radius 3 is 2.43 bits per heavy atom. The highest BCUT2D eigenvalue weighted by Crippen LogP contribution is 2.27. The fourth-order valence-electron chi connectivity index (χ4n) is 0.752. The summed E-state index contributed by atoms with van der Waals surface area (Å²) in [6.07, 6.45) is -3.80. The predicted molar refractivity (Wildman–Crippen MR) is 38.8 cm³/mol. The van der Waals surface area contributed by atoms with Crippen LogP contribution in [0.25, 0.3) is 0 Å². The van der Waals surface area contributed by atoms with Crippen LogP contribution in [0.4, 0.5) is 13.2 Å². The van der Waals surface area contributed by atoms with Gasteiger partial charge in [0.1, 0.15) is 0 Å². The molecular formula is C5H5F3N2O3S. The molecule has 14 heavy (non-hydrogen) atoms. The second-order valence-electron chi connectivity index (χ2n) is 2.45. The van der Waals surface area contributed by atoms with Gasteiger partial charge in [-0.2, -0.15) is 26.7 Å². The third-order valence-electron chi connectivity index (χ3n) is 1.23. The summed E-state index contributed by atoms with van der Waals surface area (Å²) in [4.78, 5) is 0. The lowest BCUT2D eigenvalue weighted by Crippen LogP contribution is -2.12. The summed E-state index contributed by atoms with van der Waals surface area (Å²) in [5, 5.41) is 2.92. The van der Waals surface area contributed by atoms with E-state index >= 15 is 0 Å². The minimum absolute atomic E-state index is 0.484. The first kappa shape index (κ1) is 11.0. The van der Waals surface area contributed by atoms with Crippen LogP contribution in [-0.2, 0) is 22.2 Å². The molecular weight excluding hydrogens is 225 g/mol. The zero-order chi connectivity index (χ0) is 11.0. The van der Waals surface area contributed by atoms with Crippen molar-refractivity contribution in [3.63, 3.8) is 0 Å². The van der Waals surface area contributed by atoms with E-state index in [1.165, 1.54) is 0 Å². The Morgan fingerprint density at radius 2 is 2.07 bits per heavy atom. The molecule has 0 spiro atoms. The first-order chi connectivity index (χ1) is 6.18. The fraction of sp³-hybridized carbons (Fsp3) is 0.400. The number of hydrogen-bond donors (Lipinski definition) is 1. The van der Waals surface area contributed by atoms with Crippen LogP contribution in [-0.4, -0.2) is 22.8 Å². The molecule has 0 aromatic carbocycles. The molecule has 0 amide bonds. The lowest BCUT2D eigenvalue weighted by molar-refractivity contribution is -0.141. The summed E-state index contributed by atoms with van der Waals surface area (Å²) < 4.78 is 65.2. The van der Waals surface area contributed by atoms with Gasteiger partial charge >= 0.3 is 6.18 Å². The Hall–Kier alpha value is -1.09. The third kappa shape index (κ3) is 3.00. The van der Waals surface area contributed by atoms with Gasteiger partial charge in [-0.15, -0.1) is 0 Å². The summed E-state index contributed by atoms with van der Waals surface area (Å²) in [6, 6.07) is 0.616. The molecule has 0 radical (unpaired) electrons. The van der Waals surface area contributed by atoms with Crippen LogP contribution in [0.15, 0.2) is 12.3 Å². The molecule has 0 aliphatic heterocycles. The third-order valence-corrected chi connectivity index (χ3v) is 1.82. The minimum atomic E-state index is -4.62. The van der Waals surface area contributed by atoms with Crippen LogP contribution in [0.5, 0.6) is 0 Å². The van der Waals surface area contributed by atoms with Gasteiger partial charge in [0.15, 0.2) is 11.6 Å². The molecule has 0 unspecified atom stereocenters. The number of alkyl halides is 3. The van der Waals surface area contributed by atoms with Crippen LogP contribution in [0.2, 0.25) is 0 Å². The van der Waals surface area contributed by atoms with Crippen molar-refractivity contribution in [1.29, 1.82) is 0 Å². The van der Waals surface area contributed by atoms with Crippen molar-refractivity contribution in [2.75, 3.05) is 0 Å². The van der Waals surface area contributed by atoms with Gasteiger partial charge in [0.25, 0.3) is 10.1 Å². The van der Waals surface area contributed by atoms with Crippen molar-refractivity contribution in [2.24, 2.45) is 0 Å². The molecule has 0 aliphatic rings. The maximum absolute atomic E-state index is 11.9. The van der Waals surface area contributed by atoms with Gasteiger partial charge < -0.3 is 0 Å². The normalized spacial score (nSPS) is 13.1. The van der Waals surface area contributed by atoms with E-state index in [0.717, 1.165) is 6.20 Å². The SMILES string of the molecule is O=S(=O)(O)Cn1ccc(C(F)(F)F)n1. The minimum Gasteiger partial charge on any atom is -0.284 e. The van der Waals surface area contributed by atoms with Crippen LogP contribution < -0.4 is 0 Å². The highest BCUT2D eigenvalue weighted by atomic mass is 32.2. The molecule has 0 fully saturated rings. The van der Waals surface area contributed by atoms with Crippen LogP contribution >= 0.6 is 0 Å². The Balaban J connectivity index is 2.90. The predicted octanol–water partition coefficient (Wildman–Crippen LogP) is 0.747. The number of halogens is 3. The summed E-state index contributed by atoms with van der Waals surface area (Å²) in [6.45, 7) is 0. The van der Waals surface area contributed by atoms with E-state index < -0.39 is 27.9 Å². The maximum atomic E-state index is 11.9. The number of rotatable bonds is 2. The molecule has 5 nitrogen and oxygen atoms in total. The number of hydrogen-bond acceptors (Lipinski definition) is 3. The Kier molecular flexibility index (Phi) is 2.54. The molecule has 0 bridgehead atoms. The molecule has 0 saturated carbocycles. The molecule has 1 aromatic rings. The second kappa shape index (κ2) is 3.24. The summed E-state index contributed by atoms with van der Waals surface area (Å²) in [5.74, 6) is -0.997. The average Bonchev–Trinajstić information content (AvgIpc) is 2.29. The maximum Gasteiger partial charge on any atom is 0.435 e. The Labute approximate surface area is 76.9 Å². The van der Waals surface area contributed by atoms with E-state index in [4.69, 9.17) is 4.55 Å². The van der Waals surface area contributed by atoms with E-state index in [9.17, 15) is 21.6 Å². The smallest absolute Gasteiger partial charge is 0.284 e. The summed E-state index contributed by atoms with van der Waals surface area (Å²) in [7, 11) is -4.38. The molecule has 9 heteroatoms. The number of nitrogens with zero attached hydrogens (tertiary/aromatic N) is 2. The monoisotopic (exact) mass is 230 g/mol. The molecule has 1 heterocycles. The van der Waals surface area contributed by atoms with Crippen LogP contribution in [0.1, 0.15) is 5.69 Å². The van der Waals surface area contributed by atoms with E-state index in [1.54, 1.807) is 0 Å². The van der Waals surface area contributed by atoms with Gasteiger partial charge in [0.05, 0.1) is 0 Å². The van der Waals surface area contributed by atoms with Gasteiger partial charge in [0.2, 0.25) is 0 Å².